The summed E-state index contributed by atoms with van der Waals surface area (Å²) in [6.45, 7) is 0. The summed E-state index contributed by atoms with van der Waals surface area (Å²) in [6, 6.07) is 7.98. The first-order valence-corrected chi connectivity index (χ1v) is 4.91. The molecule has 0 aliphatic rings. The van der Waals surface area contributed by atoms with Crippen LogP contribution >= 0.6 is 0 Å². The molecule has 0 saturated carbocycles. The van der Waals surface area contributed by atoms with Gasteiger partial charge in [-0.2, -0.15) is 13.2 Å². The quantitative estimate of drug-likeness (QED) is 0.752. The second-order valence-corrected chi connectivity index (χ2v) is 3.60. The highest BCUT2D eigenvalue weighted by atomic mass is 19.4. The SMILES string of the molecule is O=C(CC(F)(F)F)c1cccc2cccnc12. The van der Waals surface area contributed by atoms with Crippen LogP contribution in [0.1, 0.15) is 16.8 Å². The maximum Gasteiger partial charge on any atom is 0.396 e. The zero-order valence-corrected chi connectivity index (χ0v) is 8.66. The average Bonchev–Trinajstić information content (AvgIpc) is 2.26. The fourth-order valence-corrected chi connectivity index (χ4v) is 1.61. The molecule has 0 spiro atoms. The van der Waals surface area contributed by atoms with E-state index in [4.69, 9.17) is 0 Å². The normalized spacial score (nSPS) is 11.7. The van der Waals surface area contributed by atoms with Crippen LogP contribution in [-0.2, 0) is 0 Å². The number of hydrogen-bond donors (Lipinski definition) is 0. The molecule has 0 aliphatic heterocycles. The minimum Gasteiger partial charge on any atom is -0.294 e. The number of hydrogen-bond acceptors (Lipinski definition) is 2. The van der Waals surface area contributed by atoms with Crippen LogP contribution in [0.2, 0.25) is 0 Å². The van der Waals surface area contributed by atoms with Crippen molar-refractivity contribution in [2.24, 2.45) is 0 Å². The van der Waals surface area contributed by atoms with E-state index in [1.54, 1.807) is 24.3 Å². The minimum atomic E-state index is -4.49. The molecule has 0 saturated heterocycles. The number of fused-ring (bicyclic) bond motifs is 1. The van der Waals surface area contributed by atoms with Gasteiger partial charge >= 0.3 is 6.18 Å². The molecule has 0 atom stereocenters. The lowest BCUT2D eigenvalue weighted by molar-refractivity contribution is -0.125. The Kier molecular flexibility index (Phi) is 2.83. The molecule has 2 nitrogen and oxygen atoms in total. The fraction of sp³-hybridized carbons (Fsp3) is 0.167. The zero-order valence-electron chi connectivity index (χ0n) is 8.66. The van der Waals surface area contributed by atoms with Crippen molar-refractivity contribution in [3.8, 4) is 0 Å². The second kappa shape index (κ2) is 4.16. The molecule has 1 heterocycles. The van der Waals surface area contributed by atoms with Crippen LogP contribution in [-0.4, -0.2) is 16.9 Å². The number of aromatic nitrogens is 1. The highest BCUT2D eigenvalue weighted by Gasteiger charge is 2.32. The number of ketones is 1. The van der Waals surface area contributed by atoms with Crippen LogP contribution < -0.4 is 0 Å². The summed E-state index contributed by atoms with van der Waals surface area (Å²) in [5.74, 6) is -0.957. The lowest BCUT2D eigenvalue weighted by Gasteiger charge is -2.07. The first-order chi connectivity index (χ1) is 7.97. The number of benzene rings is 1. The molecule has 2 rings (SSSR count). The van der Waals surface area contributed by atoms with Gasteiger partial charge in [0.25, 0.3) is 0 Å². The molecule has 17 heavy (non-hydrogen) atoms. The Bertz CT molecular complexity index is 558. The van der Waals surface area contributed by atoms with Gasteiger partial charge in [-0.3, -0.25) is 9.78 Å². The molecular weight excluding hydrogens is 231 g/mol. The number of carbonyl (C=O) groups excluding carboxylic acids is 1. The van der Waals surface area contributed by atoms with E-state index in [9.17, 15) is 18.0 Å². The maximum absolute atomic E-state index is 12.2. The van der Waals surface area contributed by atoms with Crippen LogP contribution in [0.4, 0.5) is 13.2 Å². The van der Waals surface area contributed by atoms with Gasteiger partial charge in [0, 0.05) is 17.1 Å². The van der Waals surface area contributed by atoms with Crippen LogP contribution in [0.5, 0.6) is 0 Å². The highest BCUT2D eigenvalue weighted by molar-refractivity contribution is 6.06. The van der Waals surface area contributed by atoms with Crippen LogP contribution in [0.3, 0.4) is 0 Å². The predicted octanol–water partition coefficient (Wildman–Crippen LogP) is 3.37. The number of pyridine rings is 1. The van der Waals surface area contributed by atoms with Crippen LogP contribution in [0.25, 0.3) is 10.9 Å². The summed E-state index contributed by atoms with van der Waals surface area (Å²) in [4.78, 5) is 15.5. The first-order valence-electron chi connectivity index (χ1n) is 4.91. The summed E-state index contributed by atoms with van der Waals surface area (Å²) in [5, 5.41) is 0.653. The van der Waals surface area contributed by atoms with E-state index in [0.717, 1.165) is 0 Å². The van der Waals surface area contributed by atoms with Crippen LogP contribution in [0, 0.1) is 0 Å². The highest BCUT2D eigenvalue weighted by Crippen LogP contribution is 2.24. The molecule has 0 amide bonds. The number of Topliss-reactive ketones (excluding diaryl/α,β-unsaturated/α-hetero) is 1. The fourth-order valence-electron chi connectivity index (χ4n) is 1.61. The van der Waals surface area contributed by atoms with Gasteiger partial charge in [0.1, 0.15) is 6.42 Å². The number of para-hydroxylation sites is 1. The molecule has 1 aromatic carbocycles. The van der Waals surface area contributed by atoms with E-state index in [0.29, 0.717) is 10.9 Å². The third kappa shape index (κ3) is 2.61. The van der Waals surface area contributed by atoms with Crippen molar-refractivity contribution in [2.45, 2.75) is 12.6 Å². The number of halogens is 3. The molecule has 88 valence electrons. The first kappa shape index (κ1) is 11.6. The summed E-state index contributed by atoms with van der Waals surface area (Å²) >= 11 is 0. The number of alkyl halides is 3. The van der Waals surface area contributed by atoms with Crippen molar-refractivity contribution in [3.05, 3.63) is 42.1 Å². The van der Waals surface area contributed by atoms with Crippen molar-refractivity contribution in [1.82, 2.24) is 4.98 Å². The Morgan fingerprint density at radius 2 is 1.88 bits per heavy atom. The summed E-state index contributed by atoms with van der Waals surface area (Å²) < 4.78 is 36.5. The lowest BCUT2D eigenvalue weighted by atomic mass is 10.0. The monoisotopic (exact) mass is 239 g/mol. The van der Waals surface area contributed by atoms with Crippen molar-refractivity contribution in [1.29, 1.82) is 0 Å². The summed E-state index contributed by atoms with van der Waals surface area (Å²) in [7, 11) is 0. The van der Waals surface area contributed by atoms with E-state index in [1.807, 2.05) is 0 Å². The molecule has 0 radical (unpaired) electrons. The Hall–Kier alpha value is -1.91. The van der Waals surface area contributed by atoms with Gasteiger partial charge in [-0.1, -0.05) is 18.2 Å². The van der Waals surface area contributed by atoms with Crippen molar-refractivity contribution in [3.63, 3.8) is 0 Å². The Labute approximate surface area is 95.1 Å². The van der Waals surface area contributed by atoms with Crippen LogP contribution in [0.15, 0.2) is 36.5 Å². The Morgan fingerprint density at radius 1 is 1.18 bits per heavy atom. The minimum absolute atomic E-state index is 0.0143. The van der Waals surface area contributed by atoms with Gasteiger partial charge < -0.3 is 0 Å². The summed E-state index contributed by atoms with van der Waals surface area (Å²) in [6.07, 6.45) is -4.50. The third-order valence-electron chi connectivity index (χ3n) is 2.29. The second-order valence-electron chi connectivity index (χ2n) is 3.60. The van der Waals surface area contributed by atoms with Crippen molar-refractivity contribution >= 4 is 16.7 Å². The van der Waals surface area contributed by atoms with E-state index in [1.165, 1.54) is 12.3 Å². The topological polar surface area (TPSA) is 30.0 Å². The number of nitrogens with zero attached hydrogens (tertiary/aromatic N) is 1. The Balaban J connectivity index is 2.45. The molecule has 0 N–H and O–H groups in total. The van der Waals surface area contributed by atoms with Gasteiger partial charge in [-0.05, 0) is 12.1 Å². The average molecular weight is 239 g/mol. The van der Waals surface area contributed by atoms with Gasteiger partial charge in [-0.25, -0.2) is 0 Å². The number of rotatable bonds is 2. The van der Waals surface area contributed by atoms with Crippen molar-refractivity contribution in [2.75, 3.05) is 0 Å². The molecule has 1 aromatic heterocycles. The third-order valence-corrected chi connectivity index (χ3v) is 2.29. The standard InChI is InChI=1S/C12H8F3NO/c13-12(14,15)7-10(17)9-5-1-3-8-4-2-6-16-11(8)9/h1-6H,7H2. The van der Waals surface area contributed by atoms with E-state index in [2.05, 4.69) is 4.98 Å². The molecular formula is C12H8F3NO. The van der Waals surface area contributed by atoms with E-state index >= 15 is 0 Å². The van der Waals surface area contributed by atoms with Gasteiger partial charge in [0.05, 0.1) is 5.52 Å². The molecule has 5 heteroatoms. The molecule has 0 fully saturated rings. The molecule has 0 bridgehead atoms. The lowest BCUT2D eigenvalue weighted by Crippen LogP contribution is -2.15. The molecule has 2 aromatic rings. The van der Waals surface area contributed by atoms with Gasteiger partial charge in [0.2, 0.25) is 0 Å². The largest absolute Gasteiger partial charge is 0.396 e. The van der Waals surface area contributed by atoms with Gasteiger partial charge in [0.15, 0.2) is 5.78 Å². The number of carbonyl (C=O) groups is 1. The smallest absolute Gasteiger partial charge is 0.294 e. The zero-order chi connectivity index (χ0) is 12.5. The molecule has 0 unspecified atom stereocenters. The predicted molar refractivity (Wildman–Crippen MR) is 56.7 cm³/mol. The van der Waals surface area contributed by atoms with Gasteiger partial charge in [-0.15, -0.1) is 0 Å². The maximum atomic E-state index is 12.2. The van der Waals surface area contributed by atoms with E-state index in [-0.39, 0.29) is 5.56 Å². The Morgan fingerprint density at radius 3 is 2.59 bits per heavy atom. The van der Waals surface area contributed by atoms with Crippen molar-refractivity contribution < 1.29 is 18.0 Å². The van der Waals surface area contributed by atoms with E-state index < -0.39 is 18.4 Å². The molecule has 0 aliphatic carbocycles. The summed E-state index contributed by atoms with van der Waals surface area (Å²) in [5.41, 5.74) is 0.324.